The molecule has 25 heavy (non-hydrogen) atoms. The largest absolute Gasteiger partial charge is 0.381 e. The minimum Gasteiger partial charge on any atom is -0.381 e. The fourth-order valence-electron chi connectivity index (χ4n) is 4.31. The maximum absolute atomic E-state index is 5.65. The van der Waals surface area contributed by atoms with Crippen molar-refractivity contribution in [2.75, 3.05) is 13.2 Å². The first-order valence-electron chi connectivity index (χ1n) is 9.33. The third-order valence-electron chi connectivity index (χ3n) is 5.80. The maximum Gasteiger partial charge on any atom is 0.142 e. The Morgan fingerprint density at radius 2 is 1.96 bits per heavy atom. The summed E-state index contributed by atoms with van der Waals surface area (Å²) in [5.41, 5.74) is 4.18. The van der Waals surface area contributed by atoms with Gasteiger partial charge in [-0.2, -0.15) is 0 Å². The summed E-state index contributed by atoms with van der Waals surface area (Å²) in [6.45, 7) is 8.91. The molecular formula is C21H28N2O2. The molecule has 1 fully saturated rings. The molecule has 2 aliphatic rings. The van der Waals surface area contributed by atoms with E-state index in [0.29, 0.717) is 6.04 Å². The van der Waals surface area contributed by atoms with E-state index in [0.717, 1.165) is 50.5 Å². The molecule has 1 saturated heterocycles. The Balaban J connectivity index is 1.55. The normalized spacial score (nSPS) is 22.3. The molecule has 1 aliphatic heterocycles. The van der Waals surface area contributed by atoms with Crippen LogP contribution in [0.15, 0.2) is 34.9 Å². The fourth-order valence-corrected chi connectivity index (χ4v) is 4.31. The molecule has 1 unspecified atom stereocenters. The van der Waals surface area contributed by atoms with Gasteiger partial charge in [-0.1, -0.05) is 50.2 Å². The van der Waals surface area contributed by atoms with E-state index in [4.69, 9.17) is 9.26 Å². The molecule has 1 spiro atoms. The van der Waals surface area contributed by atoms with Crippen molar-refractivity contribution in [3.8, 4) is 0 Å². The molecule has 2 aromatic rings. The summed E-state index contributed by atoms with van der Waals surface area (Å²) in [4.78, 5) is 0. The zero-order chi connectivity index (χ0) is 17.5. The molecule has 0 radical (unpaired) electrons. The van der Waals surface area contributed by atoms with Gasteiger partial charge in [0.2, 0.25) is 0 Å². The van der Waals surface area contributed by atoms with Crippen molar-refractivity contribution >= 4 is 0 Å². The Morgan fingerprint density at radius 1 is 1.20 bits per heavy atom. The van der Waals surface area contributed by atoms with Gasteiger partial charge in [0.15, 0.2) is 0 Å². The predicted molar refractivity (Wildman–Crippen MR) is 97.4 cm³/mol. The smallest absolute Gasteiger partial charge is 0.142 e. The minimum atomic E-state index is -0.00681. The molecule has 0 saturated carbocycles. The van der Waals surface area contributed by atoms with Crippen LogP contribution in [0, 0.1) is 5.41 Å². The van der Waals surface area contributed by atoms with Crippen LogP contribution < -0.4 is 5.32 Å². The van der Waals surface area contributed by atoms with Crippen LogP contribution in [-0.4, -0.2) is 18.4 Å². The van der Waals surface area contributed by atoms with Gasteiger partial charge in [0, 0.05) is 37.3 Å². The molecule has 4 heteroatoms. The van der Waals surface area contributed by atoms with Crippen molar-refractivity contribution in [2.24, 2.45) is 5.41 Å². The summed E-state index contributed by atoms with van der Waals surface area (Å²) in [5.74, 6) is 0.942. The van der Waals surface area contributed by atoms with E-state index in [2.05, 4.69) is 61.6 Å². The molecule has 0 amide bonds. The Kier molecular flexibility index (Phi) is 4.20. The molecule has 1 N–H and O–H groups in total. The van der Waals surface area contributed by atoms with Crippen LogP contribution in [0.4, 0.5) is 0 Å². The van der Waals surface area contributed by atoms with Crippen molar-refractivity contribution in [2.45, 2.75) is 58.0 Å². The lowest BCUT2D eigenvalue weighted by Crippen LogP contribution is -2.39. The zero-order valence-electron chi connectivity index (χ0n) is 15.5. The highest BCUT2D eigenvalue weighted by atomic mass is 16.5. The van der Waals surface area contributed by atoms with Gasteiger partial charge in [-0.05, 0) is 35.8 Å². The summed E-state index contributed by atoms with van der Waals surface area (Å²) < 4.78 is 11.2. The Bertz CT molecular complexity index is 738. The molecule has 134 valence electrons. The van der Waals surface area contributed by atoms with Crippen molar-refractivity contribution in [1.29, 1.82) is 0 Å². The maximum atomic E-state index is 5.65. The first-order chi connectivity index (χ1) is 12.0. The highest BCUT2D eigenvalue weighted by Gasteiger charge is 2.46. The summed E-state index contributed by atoms with van der Waals surface area (Å²) in [7, 11) is 0. The van der Waals surface area contributed by atoms with Gasteiger partial charge >= 0.3 is 0 Å². The minimum absolute atomic E-state index is 0.00681. The number of rotatable bonds is 3. The number of ether oxygens (including phenoxy) is 1. The lowest BCUT2D eigenvalue weighted by Gasteiger charge is -2.39. The van der Waals surface area contributed by atoms with Crippen LogP contribution >= 0.6 is 0 Å². The summed E-state index contributed by atoms with van der Waals surface area (Å²) in [6.07, 6.45) is 3.38. The number of aromatic nitrogens is 1. The van der Waals surface area contributed by atoms with E-state index >= 15 is 0 Å². The second-order valence-electron chi connectivity index (χ2n) is 8.60. The number of nitrogens with one attached hydrogen (secondary N) is 1. The van der Waals surface area contributed by atoms with Crippen LogP contribution in [-0.2, 0) is 23.1 Å². The molecule has 1 aromatic heterocycles. The van der Waals surface area contributed by atoms with Crippen molar-refractivity contribution < 1.29 is 9.26 Å². The van der Waals surface area contributed by atoms with Crippen molar-refractivity contribution in [3.05, 3.63) is 52.9 Å². The van der Waals surface area contributed by atoms with Crippen LogP contribution in [0.1, 0.15) is 62.2 Å². The lowest BCUT2D eigenvalue weighted by atomic mass is 9.74. The third kappa shape index (κ3) is 3.13. The van der Waals surface area contributed by atoms with Crippen molar-refractivity contribution in [1.82, 2.24) is 10.5 Å². The quantitative estimate of drug-likeness (QED) is 0.911. The topological polar surface area (TPSA) is 47.3 Å². The number of hydrogen-bond acceptors (Lipinski definition) is 4. The van der Waals surface area contributed by atoms with Gasteiger partial charge < -0.3 is 14.6 Å². The van der Waals surface area contributed by atoms with E-state index in [9.17, 15) is 0 Å². The Hall–Kier alpha value is -1.65. The molecule has 0 bridgehead atoms. The van der Waals surface area contributed by atoms with Gasteiger partial charge in [0.1, 0.15) is 5.76 Å². The average molecular weight is 340 g/mol. The number of hydrogen-bond donors (Lipinski definition) is 1. The van der Waals surface area contributed by atoms with Crippen LogP contribution in [0.5, 0.6) is 0 Å². The highest BCUT2D eigenvalue weighted by Crippen LogP contribution is 2.51. The van der Waals surface area contributed by atoms with E-state index in [-0.39, 0.29) is 10.8 Å². The first kappa shape index (κ1) is 16.8. The lowest BCUT2D eigenvalue weighted by molar-refractivity contribution is -0.000318. The van der Waals surface area contributed by atoms with Crippen LogP contribution in [0.2, 0.25) is 0 Å². The average Bonchev–Trinajstić information content (AvgIpc) is 3.16. The van der Waals surface area contributed by atoms with Gasteiger partial charge in [-0.3, -0.25) is 0 Å². The summed E-state index contributed by atoms with van der Waals surface area (Å²) in [5, 5.41) is 8.07. The predicted octanol–water partition coefficient (Wildman–Crippen LogP) is 4.16. The fraction of sp³-hybridized carbons (Fsp3) is 0.571. The van der Waals surface area contributed by atoms with E-state index in [1.54, 1.807) is 0 Å². The molecule has 1 atom stereocenters. The van der Waals surface area contributed by atoms with Gasteiger partial charge in [-0.15, -0.1) is 0 Å². The van der Waals surface area contributed by atoms with E-state index in [1.807, 2.05) is 0 Å². The van der Waals surface area contributed by atoms with Crippen LogP contribution in [0.3, 0.4) is 0 Å². The second kappa shape index (κ2) is 6.26. The molecule has 1 aliphatic carbocycles. The molecular weight excluding hydrogens is 312 g/mol. The monoisotopic (exact) mass is 340 g/mol. The standard InChI is InChI=1S/C21H28N2O2/c1-20(2,3)18-12-16(23-25-18)14-22-19-17-7-5-4-6-15(17)13-21(19)8-10-24-11-9-21/h4-7,12,19,22H,8-11,13-14H2,1-3H3. The number of nitrogens with zero attached hydrogens (tertiary/aromatic N) is 1. The molecule has 4 rings (SSSR count). The van der Waals surface area contributed by atoms with E-state index in [1.165, 1.54) is 11.1 Å². The first-order valence-corrected chi connectivity index (χ1v) is 9.33. The van der Waals surface area contributed by atoms with Gasteiger partial charge in [0.05, 0.1) is 5.69 Å². The number of fused-ring (bicyclic) bond motifs is 1. The van der Waals surface area contributed by atoms with Crippen molar-refractivity contribution in [3.63, 3.8) is 0 Å². The SMILES string of the molecule is CC(C)(C)c1cc(CNC2c3ccccc3CC23CCOCC3)no1. The van der Waals surface area contributed by atoms with Gasteiger partial charge in [0.25, 0.3) is 0 Å². The Morgan fingerprint density at radius 3 is 2.68 bits per heavy atom. The second-order valence-corrected chi connectivity index (χ2v) is 8.60. The van der Waals surface area contributed by atoms with Crippen LogP contribution in [0.25, 0.3) is 0 Å². The number of benzene rings is 1. The molecule has 4 nitrogen and oxygen atoms in total. The molecule has 1 aromatic carbocycles. The highest BCUT2D eigenvalue weighted by molar-refractivity contribution is 5.38. The Labute approximate surface area is 149 Å². The molecule has 2 heterocycles. The third-order valence-corrected chi connectivity index (χ3v) is 5.80. The summed E-state index contributed by atoms with van der Waals surface area (Å²) in [6, 6.07) is 11.3. The van der Waals surface area contributed by atoms with E-state index < -0.39 is 0 Å². The van der Waals surface area contributed by atoms with Gasteiger partial charge in [-0.25, -0.2) is 0 Å². The zero-order valence-corrected chi connectivity index (χ0v) is 15.5. The summed E-state index contributed by atoms with van der Waals surface area (Å²) >= 11 is 0.